The number of benzene rings is 1. The van der Waals surface area contributed by atoms with E-state index in [0.29, 0.717) is 0 Å². The zero-order valence-electron chi connectivity index (χ0n) is 9.81. The van der Waals surface area contributed by atoms with Crippen LogP contribution in [0.15, 0.2) is 28.7 Å². The lowest BCUT2D eigenvalue weighted by Gasteiger charge is -2.28. The topological polar surface area (TPSA) is 9.23 Å². The summed E-state index contributed by atoms with van der Waals surface area (Å²) in [5.41, 5.74) is 0.142. The van der Waals surface area contributed by atoms with Gasteiger partial charge in [0.15, 0.2) is 14.4 Å². The van der Waals surface area contributed by atoms with E-state index in [1.807, 2.05) is 0 Å². The van der Waals surface area contributed by atoms with Gasteiger partial charge in [-0.1, -0.05) is 28.1 Å². The molecular formula is C11H14BrF3OSi. The fourth-order valence-corrected chi connectivity index (χ4v) is 2.56. The van der Waals surface area contributed by atoms with E-state index in [4.69, 9.17) is 4.43 Å². The molecule has 0 amide bonds. The molecule has 0 aliphatic heterocycles. The van der Waals surface area contributed by atoms with E-state index in [9.17, 15) is 13.2 Å². The van der Waals surface area contributed by atoms with Gasteiger partial charge in [-0.2, -0.15) is 13.2 Å². The van der Waals surface area contributed by atoms with Crippen LogP contribution in [0, 0.1) is 0 Å². The molecule has 1 aromatic carbocycles. The predicted octanol–water partition coefficient (Wildman–Crippen LogP) is 4.90. The molecule has 0 fully saturated rings. The second-order valence-corrected chi connectivity index (χ2v) is 10.1. The zero-order chi connectivity index (χ0) is 13.3. The van der Waals surface area contributed by atoms with E-state index < -0.39 is 20.6 Å². The Labute approximate surface area is 108 Å². The fourth-order valence-electron chi connectivity index (χ4n) is 1.31. The fraction of sp³-hybridized carbons (Fsp3) is 0.455. The molecule has 0 bridgehead atoms. The van der Waals surface area contributed by atoms with E-state index in [1.165, 1.54) is 12.1 Å². The molecule has 0 aliphatic rings. The zero-order valence-corrected chi connectivity index (χ0v) is 12.4. The van der Waals surface area contributed by atoms with E-state index in [0.717, 1.165) is 4.47 Å². The minimum Gasteiger partial charge on any atom is -0.403 e. The summed E-state index contributed by atoms with van der Waals surface area (Å²) in [5.74, 6) is 0. The van der Waals surface area contributed by atoms with Gasteiger partial charge in [-0.15, -0.1) is 0 Å². The van der Waals surface area contributed by atoms with Crippen molar-refractivity contribution in [2.45, 2.75) is 31.9 Å². The van der Waals surface area contributed by atoms with Crippen LogP contribution in [0.1, 0.15) is 11.7 Å². The third kappa shape index (κ3) is 4.81. The smallest absolute Gasteiger partial charge is 0.403 e. The van der Waals surface area contributed by atoms with Crippen LogP contribution in [0.5, 0.6) is 0 Å². The Morgan fingerprint density at radius 2 is 1.59 bits per heavy atom. The third-order valence-electron chi connectivity index (χ3n) is 1.94. The molecular weight excluding hydrogens is 313 g/mol. The first-order valence-electron chi connectivity index (χ1n) is 5.09. The van der Waals surface area contributed by atoms with Crippen molar-refractivity contribution in [3.8, 4) is 0 Å². The second-order valence-electron chi connectivity index (χ2n) is 4.70. The molecule has 0 saturated heterocycles. The average molecular weight is 327 g/mol. The van der Waals surface area contributed by atoms with Gasteiger partial charge in [0.05, 0.1) is 0 Å². The van der Waals surface area contributed by atoms with Crippen LogP contribution < -0.4 is 0 Å². The van der Waals surface area contributed by atoms with Crippen LogP contribution in [-0.2, 0) is 4.43 Å². The molecule has 0 N–H and O–H groups in total. The molecule has 0 spiro atoms. The molecule has 17 heavy (non-hydrogen) atoms. The molecule has 96 valence electrons. The minimum absolute atomic E-state index is 0.142. The highest BCUT2D eigenvalue weighted by molar-refractivity contribution is 9.10. The monoisotopic (exact) mass is 326 g/mol. The lowest BCUT2D eigenvalue weighted by Crippen LogP contribution is -2.34. The van der Waals surface area contributed by atoms with E-state index in [2.05, 4.69) is 15.9 Å². The maximum Gasteiger partial charge on any atom is 0.417 e. The highest BCUT2D eigenvalue weighted by atomic mass is 79.9. The second kappa shape index (κ2) is 5.12. The van der Waals surface area contributed by atoms with E-state index >= 15 is 0 Å². The maximum atomic E-state index is 12.9. The van der Waals surface area contributed by atoms with Crippen molar-refractivity contribution >= 4 is 24.2 Å². The van der Waals surface area contributed by atoms with Crippen molar-refractivity contribution in [1.29, 1.82) is 0 Å². The van der Waals surface area contributed by atoms with Crippen molar-refractivity contribution in [3.63, 3.8) is 0 Å². The Hall–Kier alpha value is -0.333. The van der Waals surface area contributed by atoms with Crippen LogP contribution in [0.25, 0.3) is 0 Å². The molecule has 0 aromatic heterocycles. The highest BCUT2D eigenvalue weighted by Crippen LogP contribution is 2.38. The number of alkyl halides is 3. The van der Waals surface area contributed by atoms with Crippen LogP contribution in [0.3, 0.4) is 0 Å². The summed E-state index contributed by atoms with van der Waals surface area (Å²) >= 11 is 3.19. The first kappa shape index (κ1) is 14.7. The number of rotatable bonds is 3. The molecule has 1 atom stereocenters. The lowest BCUT2D eigenvalue weighted by atomic mass is 10.1. The number of hydrogen-bond donors (Lipinski definition) is 0. The van der Waals surface area contributed by atoms with Gasteiger partial charge < -0.3 is 4.43 Å². The largest absolute Gasteiger partial charge is 0.417 e. The highest BCUT2D eigenvalue weighted by Gasteiger charge is 2.43. The standard InChI is InChI=1S/C11H14BrF3OSi/c1-17(2,3)16-10(11(13,14)15)8-4-6-9(12)7-5-8/h4-7,10H,1-3H3. The summed E-state index contributed by atoms with van der Waals surface area (Å²) < 4.78 is 44.7. The van der Waals surface area contributed by atoms with Gasteiger partial charge in [0.25, 0.3) is 0 Å². The van der Waals surface area contributed by atoms with Crippen molar-refractivity contribution in [2.24, 2.45) is 0 Å². The average Bonchev–Trinajstić information content (AvgIpc) is 2.13. The van der Waals surface area contributed by atoms with Crippen molar-refractivity contribution < 1.29 is 17.6 Å². The maximum absolute atomic E-state index is 12.9. The Kier molecular flexibility index (Phi) is 4.43. The molecule has 1 nitrogen and oxygen atoms in total. The summed E-state index contributed by atoms with van der Waals surface area (Å²) in [6, 6.07) is 6.04. The van der Waals surface area contributed by atoms with Crippen molar-refractivity contribution in [3.05, 3.63) is 34.3 Å². The Bertz CT molecular complexity index is 370. The minimum atomic E-state index is -4.38. The van der Waals surface area contributed by atoms with E-state index in [1.54, 1.807) is 31.8 Å². The molecule has 0 saturated carbocycles. The van der Waals surface area contributed by atoms with Crippen LogP contribution in [-0.4, -0.2) is 14.5 Å². The molecule has 1 aromatic rings. The molecule has 6 heteroatoms. The number of hydrogen-bond acceptors (Lipinski definition) is 1. The van der Waals surface area contributed by atoms with Gasteiger partial charge in [-0.25, -0.2) is 0 Å². The summed E-state index contributed by atoms with van der Waals surface area (Å²) in [4.78, 5) is 0. The van der Waals surface area contributed by atoms with Gasteiger partial charge in [0.1, 0.15) is 0 Å². The Morgan fingerprint density at radius 1 is 1.12 bits per heavy atom. The quantitative estimate of drug-likeness (QED) is 0.717. The normalized spacial score (nSPS) is 14.8. The SMILES string of the molecule is C[Si](C)(C)OC(c1ccc(Br)cc1)C(F)(F)F. The Morgan fingerprint density at radius 3 is 1.94 bits per heavy atom. The molecule has 1 unspecified atom stereocenters. The Balaban J connectivity index is 3.03. The molecule has 0 radical (unpaired) electrons. The van der Waals surface area contributed by atoms with Crippen molar-refractivity contribution in [1.82, 2.24) is 0 Å². The van der Waals surface area contributed by atoms with Gasteiger partial charge in [0, 0.05) is 4.47 Å². The lowest BCUT2D eigenvalue weighted by molar-refractivity contribution is -0.200. The van der Waals surface area contributed by atoms with Crippen LogP contribution in [0.2, 0.25) is 19.6 Å². The van der Waals surface area contributed by atoms with Gasteiger partial charge in [-0.3, -0.25) is 0 Å². The van der Waals surface area contributed by atoms with Crippen LogP contribution >= 0.6 is 15.9 Å². The van der Waals surface area contributed by atoms with Crippen LogP contribution in [0.4, 0.5) is 13.2 Å². The molecule has 1 rings (SSSR count). The first-order chi connectivity index (χ1) is 7.59. The molecule has 0 aliphatic carbocycles. The first-order valence-corrected chi connectivity index (χ1v) is 9.30. The van der Waals surface area contributed by atoms with Gasteiger partial charge in [0.2, 0.25) is 0 Å². The third-order valence-corrected chi connectivity index (χ3v) is 3.41. The van der Waals surface area contributed by atoms with Crippen molar-refractivity contribution in [2.75, 3.05) is 0 Å². The molecule has 0 heterocycles. The summed E-state index contributed by atoms with van der Waals surface area (Å²) in [5, 5.41) is 0. The van der Waals surface area contributed by atoms with E-state index in [-0.39, 0.29) is 5.56 Å². The van der Waals surface area contributed by atoms with Gasteiger partial charge in [-0.05, 0) is 37.3 Å². The summed E-state index contributed by atoms with van der Waals surface area (Å²) in [7, 11) is -2.26. The van der Waals surface area contributed by atoms with Gasteiger partial charge >= 0.3 is 6.18 Å². The summed E-state index contributed by atoms with van der Waals surface area (Å²) in [6.07, 6.45) is -6.21. The number of halogens is 4. The predicted molar refractivity (Wildman–Crippen MR) is 67.4 cm³/mol. The summed E-state index contributed by atoms with van der Waals surface area (Å²) in [6.45, 7) is 5.22.